The summed E-state index contributed by atoms with van der Waals surface area (Å²) in [5.74, 6) is 1.01. The molecule has 0 aromatic carbocycles. The molecule has 0 atom stereocenters. The average Bonchev–Trinajstić information content (AvgIpc) is 2.92. The summed E-state index contributed by atoms with van der Waals surface area (Å²) in [6.07, 6.45) is 10.7. The van der Waals surface area contributed by atoms with Gasteiger partial charge in [-0.15, -0.1) is 0 Å². The Balaban J connectivity index is 1.40. The maximum absolute atomic E-state index is 5.91. The summed E-state index contributed by atoms with van der Waals surface area (Å²) in [6, 6.07) is 4.32. The molecule has 1 saturated carbocycles. The second-order valence-corrected chi connectivity index (χ2v) is 5.71. The van der Waals surface area contributed by atoms with Crippen LogP contribution in [0.5, 0.6) is 0 Å². The number of fused-ring (bicyclic) bond motifs is 1. The molecule has 3 heteroatoms. The molecule has 0 amide bonds. The first-order valence-corrected chi connectivity index (χ1v) is 7.76. The molecular formula is C16H24N2O. The van der Waals surface area contributed by atoms with Crippen molar-refractivity contribution in [3.05, 3.63) is 23.4 Å². The van der Waals surface area contributed by atoms with Gasteiger partial charge in [0.25, 0.3) is 0 Å². The largest absolute Gasteiger partial charge is 0.376 e. The maximum atomic E-state index is 5.91. The van der Waals surface area contributed by atoms with Gasteiger partial charge in [-0.3, -0.25) is 0 Å². The van der Waals surface area contributed by atoms with E-state index in [1.54, 1.807) is 0 Å². The first kappa shape index (κ1) is 12.9. The van der Waals surface area contributed by atoms with Gasteiger partial charge in [-0.25, -0.2) is 4.98 Å². The van der Waals surface area contributed by atoms with Gasteiger partial charge in [0, 0.05) is 12.2 Å². The minimum absolute atomic E-state index is 0.503. The van der Waals surface area contributed by atoms with Crippen LogP contribution in [-0.4, -0.2) is 24.2 Å². The fourth-order valence-corrected chi connectivity index (χ4v) is 3.16. The molecule has 0 aliphatic heterocycles. The van der Waals surface area contributed by atoms with Gasteiger partial charge in [0.15, 0.2) is 0 Å². The molecule has 0 bridgehead atoms. The molecule has 0 spiro atoms. The van der Waals surface area contributed by atoms with E-state index in [-0.39, 0.29) is 0 Å². The highest BCUT2D eigenvalue weighted by atomic mass is 16.5. The molecular weight excluding hydrogens is 236 g/mol. The Morgan fingerprint density at radius 1 is 1.11 bits per heavy atom. The third kappa shape index (κ3) is 3.47. The standard InChI is InChI=1S/C16H24N2O/c1-2-6-14(7-3-1)19-12-11-17-16-10-9-13-5-4-8-15(13)18-16/h9-10,14H,1-8,11-12H2,(H,17,18). The summed E-state index contributed by atoms with van der Waals surface area (Å²) in [4.78, 5) is 4.67. The van der Waals surface area contributed by atoms with Gasteiger partial charge in [0.1, 0.15) is 5.82 Å². The Morgan fingerprint density at radius 3 is 2.89 bits per heavy atom. The van der Waals surface area contributed by atoms with Gasteiger partial charge < -0.3 is 10.1 Å². The zero-order chi connectivity index (χ0) is 12.9. The van der Waals surface area contributed by atoms with Crippen LogP contribution in [0.15, 0.2) is 12.1 Å². The number of aromatic nitrogens is 1. The molecule has 2 aliphatic rings. The average molecular weight is 260 g/mol. The van der Waals surface area contributed by atoms with Crippen LogP contribution in [0.25, 0.3) is 0 Å². The summed E-state index contributed by atoms with van der Waals surface area (Å²) in [5.41, 5.74) is 2.72. The number of anilines is 1. The summed E-state index contributed by atoms with van der Waals surface area (Å²) >= 11 is 0. The number of nitrogens with zero attached hydrogens (tertiary/aromatic N) is 1. The minimum atomic E-state index is 0.503. The van der Waals surface area contributed by atoms with Crippen molar-refractivity contribution in [2.24, 2.45) is 0 Å². The predicted octanol–water partition coefficient (Wildman–Crippen LogP) is 3.33. The third-order valence-electron chi connectivity index (χ3n) is 4.24. The van der Waals surface area contributed by atoms with Gasteiger partial charge in [0.05, 0.1) is 12.7 Å². The van der Waals surface area contributed by atoms with E-state index >= 15 is 0 Å². The van der Waals surface area contributed by atoms with E-state index in [0.717, 1.165) is 25.4 Å². The third-order valence-corrected chi connectivity index (χ3v) is 4.24. The number of nitrogens with one attached hydrogen (secondary N) is 1. The van der Waals surface area contributed by atoms with Crippen LogP contribution in [0.2, 0.25) is 0 Å². The van der Waals surface area contributed by atoms with Crippen LogP contribution in [0, 0.1) is 0 Å². The number of aryl methyl sites for hydroxylation is 2. The lowest BCUT2D eigenvalue weighted by Crippen LogP contribution is -2.20. The fourth-order valence-electron chi connectivity index (χ4n) is 3.16. The second-order valence-electron chi connectivity index (χ2n) is 5.71. The van der Waals surface area contributed by atoms with Crippen LogP contribution in [-0.2, 0) is 17.6 Å². The van der Waals surface area contributed by atoms with Crippen molar-refractivity contribution in [3.63, 3.8) is 0 Å². The van der Waals surface area contributed by atoms with Gasteiger partial charge in [-0.2, -0.15) is 0 Å². The van der Waals surface area contributed by atoms with E-state index in [9.17, 15) is 0 Å². The molecule has 104 valence electrons. The van der Waals surface area contributed by atoms with Crippen LogP contribution in [0.1, 0.15) is 49.8 Å². The molecule has 2 aliphatic carbocycles. The number of pyridine rings is 1. The van der Waals surface area contributed by atoms with Crippen molar-refractivity contribution in [1.29, 1.82) is 0 Å². The Labute approximate surface area is 115 Å². The molecule has 1 N–H and O–H groups in total. The molecule has 1 aromatic rings. The van der Waals surface area contributed by atoms with Crippen molar-refractivity contribution >= 4 is 5.82 Å². The Bertz CT molecular complexity index is 413. The van der Waals surface area contributed by atoms with Crippen LogP contribution < -0.4 is 5.32 Å². The SMILES string of the molecule is c1cc2c(nc1NCCOC1CCCCC1)CCC2. The number of hydrogen-bond donors (Lipinski definition) is 1. The topological polar surface area (TPSA) is 34.2 Å². The lowest BCUT2D eigenvalue weighted by atomic mass is 9.98. The van der Waals surface area contributed by atoms with Crippen molar-refractivity contribution in [1.82, 2.24) is 4.98 Å². The lowest BCUT2D eigenvalue weighted by Gasteiger charge is -2.22. The van der Waals surface area contributed by atoms with Crippen LogP contribution >= 0.6 is 0 Å². The zero-order valence-electron chi connectivity index (χ0n) is 11.7. The first-order valence-electron chi connectivity index (χ1n) is 7.76. The number of ether oxygens (including phenoxy) is 1. The molecule has 3 rings (SSSR count). The molecule has 3 nitrogen and oxygen atoms in total. The minimum Gasteiger partial charge on any atom is -0.376 e. The monoisotopic (exact) mass is 260 g/mol. The highest BCUT2D eigenvalue weighted by Gasteiger charge is 2.14. The Kier molecular flexibility index (Phi) is 4.34. The van der Waals surface area contributed by atoms with Gasteiger partial charge >= 0.3 is 0 Å². The molecule has 1 fully saturated rings. The van der Waals surface area contributed by atoms with Crippen molar-refractivity contribution in [3.8, 4) is 0 Å². The molecule has 1 aromatic heterocycles. The van der Waals surface area contributed by atoms with Crippen LogP contribution in [0.3, 0.4) is 0 Å². The van der Waals surface area contributed by atoms with E-state index in [1.807, 2.05) is 0 Å². The highest BCUT2D eigenvalue weighted by Crippen LogP contribution is 2.22. The summed E-state index contributed by atoms with van der Waals surface area (Å²) in [7, 11) is 0. The van der Waals surface area contributed by atoms with E-state index in [2.05, 4.69) is 22.4 Å². The first-order chi connectivity index (χ1) is 9.42. The van der Waals surface area contributed by atoms with Gasteiger partial charge in [-0.05, 0) is 43.7 Å². The molecule has 0 saturated heterocycles. The summed E-state index contributed by atoms with van der Waals surface area (Å²) in [5, 5.41) is 3.38. The molecule has 0 unspecified atom stereocenters. The quantitative estimate of drug-likeness (QED) is 0.825. The summed E-state index contributed by atoms with van der Waals surface area (Å²) < 4.78 is 5.91. The van der Waals surface area contributed by atoms with Crippen molar-refractivity contribution < 1.29 is 4.74 Å². The Morgan fingerprint density at radius 2 is 2.00 bits per heavy atom. The normalized spacial score (nSPS) is 19.4. The lowest BCUT2D eigenvalue weighted by molar-refractivity contribution is 0.0347. The van der Waals surface area contributed by atoms with Crippen LogP contribution in [0.4, 0.5) is 5.82 Å². The second kappa shape index (κ2) is 6.38. The fraction of sp³-hybridized carbons (Fsp3) is 0.688. The highest BCUT2D eigenvalue weighted by molar-refractivity contribution is 5.40. The maximum Gasteiger partial charge on any atom is 0.126 e. The van der Waals surface area contributed by atoms with Gasteiger partial charge in [0.2, 0.25) is 0 Å². The van der Waals surface area contributed by atoms with E-state index in [4.69, 9.17) is 4.74 Å². The smallest absolute Gasteiger partial charge is 0.126 e. The summed E-state index contributed by atoms with van der Waals surface area (Å²) in [6.45, 7) is 1.66. The van der Waals surface area contributed by atoms with Gasteiger partial charge in [-0.1, -0.05) is 25.3 Å². The van der Waals surface area contributed by atoms with E-state index in [0.29, 0.717) is 6.10 Å². The Hall–Kier alpha value is -1.09. The number of rotatable bonds is 5. The zero-order valence-corrected chi connectivity index (χ0v) is 11.7. The molecule has 0 radical (unpaired) electrons. The van der Waals surface area contributed by atoms with E-state index in [1.165, 1.54) is 56.2 Å². The van der Waals surface area contributed by atoms with E-state index < -0.39 is 0 Å². The van der Waals surface area contributed by atoms with Crippen molar-refractivity contribution in [2.75, 3.05) is 18.5 Å². The molecule has 1 heterocycles. The molecule has 19 heavy (non-hydrogen) atoms. The number of hydrogen-bond acceptors (Lipinski definition) is 3. The predicted molar refractivity (Wildman–Crippen MR) is 77.6 cm³/mol. The van der Waals surface area contributed by atoms with Crippen molar-refractivity contribution in [2.45, 2.75) is 57.5 Å².